The summed E-state index contributed by atoms with van der Waals surface area (Å²) >= 11 is 0. The van der Waals surface area contributed by atoms with Crippen LogP contribution in [0.1, 0.15) is 21.5 Å². The smallest absolute Gasteiger partial charge is 0.335 e. The molecule has 5 heteroatoms. The van der Waals surface area contributed by atoms with E-state index in [2.05, 4.69) is 11.8 Å². The van der Waals surface area contributed by atoms with Gasteiger partial charge in [0.05, 0.1) is 25.3 Å². The number of methoxy groups -OCH3 is 2. The van der Waals surface area contributed by atoms with E-state index in [9.17, 15) is 9.18 Å². The fraction of sp³-hybridized carbons (Fsp3) is 0.118. The van der Waals surface area contributed by atoms with Crippen LogP contribution in [0.15, 0.2) is 36.4 Å². The Labute approximate surface area is 127 Å². The highest BCUT2D eigenvalue weighted by atomic mass is 19.1. The van der Waals surface area contributed by atoms with Crippen molar-refractivity contribution in [3.8, 4) is 23.3 Å². The second kappa shape index (κ2) is 6.64. The summed E-state index contributed by atoms with van der Waals surface area (Å²) in [5.41, 5.74) is 0.853. The van der Waals surface area contributed by atoms with Gasteiger partial charge < -0.3 is 14.6 Å². The van der Waals surface area contributed by atoms with Gasteiger partial charge in [0.1, 0.15) is 5.82 Å². The molecular weight excluding hydrogens is 287 g/mol. The van der Waals surface area contributed by atoms with Gasteiger partial charge in [0.2, 0.25) is 0 Å². The minimum atomic E-state index is -1.10. The Kier molecular flexibility index (Phi) is 4.64. The van der Waals surface area contributed by atoms with Gasteiger partial charge in [0.25, 0.3) is 0 Å². The Morgan fingerprint density at radius 3 is 2.50 bits per heavy atom. The van der Waals surface area contributed by atoms with Crippen LogP contribution < -0.4 is 9.47 Å². The van der Waals surface area contributed by atoms with Crippen LogP contribution in [0.4, 0.5) is 4.39 Å². The lowest BCUT2D eigenvalue weighted by atomic mass is 10.1. The second-order valence-corrected chi connectivity index (χ2v) is 4.32. The highest BCUT2D eigenvalue weighted by Gasteiger charge is 2.14. The van der Waals surface area contributed by atoms with Gasteiger partial charge in [-0.05, 0) is 30.3 Å². The largest absolute Gasteiger partial charge is 0.493 e. The molecule has 0 aliphatic rings. The first kappa shape index (κ1) is 15.4. The summed E-state index contributed by atoms with van der Waals surface area (Å²) < 4.78 is 23.5. The molecule has 0 aliphatic carbocycles. The zero-order chi connectivity index (χ0) is 16.1. The Balaban J connectivity index is 2.54. The van der Waals surface area contributed by atoms with Gasteiger partial charge >= 0.3 is 5.97 Å². The van der Waals surface area contributed by atoms with Gasteiger partial charge in [0, 0.05) is 5.56 Å². The predicted octanol–water partition coefficient (Wildman–Crippen LogP) is 2.94. The first-order valence-electron chi connectivity index (χ1n) is 6.32. The zero-order valence-electron chi connectivity index (χ0n) is 12.0. The first-order chi connectivity index (χ1) is 10.5. The van der Waals surface area contributed by atoms with Crippen LogP contribution in [0.5, 0.6) is 11.5 Å². The van der Waals surface area contributed by atoms with Crippen LogP contribution in [-0.4, -0.2) is 25.3 Å². The van der Waals surface area contributed by atoms with Crippen molar-refractivity contribution in [2.75, 3.05) is 14.2 Å². The maximum absolute atomic E-state index is 13.1. The minimum absolute atomic E-state index is 0.0289. The molecular formula is C17H13FO4. The van der Waals surface area contributed by atoms with E-state index >= 15 is 0 Å². The number of hydrogen-bond acceptors (Lipinski definition) is 3. The number of rotatable bonds is 3. The molecule has 0 atom stereocenters. The second-order valence-electron chi connectivity index (χ2n) is 4.32. The molecule has 0 heterocycles. The van der Waals surface area contributed by atoms with Crippen molar-refractivity contribution < 1.29 is 23.8 Å². The lowest BCUT2D eigenvalue weighted by Crippen LogP contribution is -2.01. The molecule has 0 radical (unpaired) electrons. The molecule has 4 nitrogen and oxygen atoms in total. The van der Waals surface area contributed by atoms with Crippen molar-refractivity contribution in [1.29, 1.82) is 0 Å². The average molecular weight is 300 g/mol. The van der Waals surface area contributed by atoms with E-state index in [1.807, 2.05) is 0 Å². The fourth-order valence-electron chi connectivity index (χ4n) is 1.89. The Morgan fingerprint density at radius 1 is 1.14 bits per heavy atom. The molecule has 1 N–H and O–H groups in total. The van der Waals surface area contributed by atoms with E-state index in [1.54, 1.807) is 12.1 Å². The van der Waals surface area contributed by atoms with Gasteiger partial charge in [-0.1, -0.05) is 17.9 Å². The molecule has 0 amide bonds. The third-order valence-corrected chi connectivity index (χ3v) is 2.89. The monoisotopic (exact) mass is 300 g/mol. The van der Waals surface area contributed by atoms with Gasteiger partial charge in [-0.25, -0.2) is 9.18 Å². The van der Waals surface area contributed by atoms with Gasteiger partial charge in [-0.3, -0.25) is 0 Å². The SMILES string of the molecule is COc1cc(C(=O)O)cc(C#Cc2cccc(F)c2)c1OC. The quantitative estimate of drug-likeness (QED) is 0.886. The van der Waals surface area contributed by atoms with Crippen molar-refractivity contribution in [1.82, 2.24) is 0 Å². The van der Waals surface area contributed by atoms with Crippen LogP contribution in [0.3, 0.4) is 0 Å². The van der Waals surface area contributed by atoms with E-state index < -0.39 is 11.8 Å². The lowest BCUT2D eigenvalue weighted by molar-refractivity contribution is 0.0696. The van der Waals surface area contributed by atoms with Crippen molar-refractivity contribution in [2.24, 2.45) is 0 Å². The summed E-state index contributed by atoms with van der Waals surface area (Å²) in [6.45, 7) is 0. The van der Waals surface area contributed by atoms with Crippen LogP contribution in [0, 0.1) is 17.7 Å². The third kappa shape index (κ3) is 3.36. The number of benzene rings is 2. The number of ether oxygens (including phenoxy) is 2. The van der Waals surface area contributed by atoms with Crippen LogP contribution in [0.25, 0.3) is 0 Å². The minimum Gasteiger partial charge on any atom is -0.493 e. The van der Waals surface area contributed by atoms with E-state index in [1.165, 1.54) is 38.5 Å². The van der Waals surface area contributed by atoms with Crippen molar-refractivity contribution in [2.45, 2.75) is 0 Å². The molecule has 0 bridgehead atoms. The summed E-state index contributed by atoms with van der Waals surface area (Å²) in [6.07, 6.45) is 0. The summed E-state index contributed by atoms with van der Waals surface area (Å²) in [4.78, 5) is 11.1. The molecule has 0 fully saturated rings. The summed E-state index contributed by atoms with van der Waals surface area (Å²) in [5, 5.41) is 9.12. The van der Waals surface area contributed by atoms with Gasteiger partial charge in [0.15, 0.2) is 11.5 Å². The Morgan fingerprint density at radius 2 is 1.91 bits per heavy atom. The zero-order valence-corrected chi connectivity index (χ0v) is 12.0. The molecule has 0 saturated carbocycles. The summed E-state index contributed by atoms with van der Waals surface area (Å²) in [6, 6.07) is 8.55. The molecule has 0 spiro atoms. The molecule has 22 heavy (non-hydrogen) atoms. The van der Waals surface area contributed by atoms with Crippen LogP contribution in [0.2, 0.25) is 0 Å². The maximum atomic E-state index is 13.1. The molecule has 2 aromatic rings. The third-order valence-electron chi connectivity index (χ3n) is 2.89. The van der Waals surface area contributed by atoms with E-state index in [0.29, 0.717) is 16.9 Å². The number of carboxylic acid groups (broad SMARTS) is 1. The maximum Gasteiger partial charge on any atom is 0.335 e. The lowest BCUT2D eigenvalue weighted by Gasteiger charge is -2.10. The fourth-order valence-corrected chi connectivity index (χ4v) is 1.89. The molecule has 2 aromatic carbocycles. The van der Waals surface area contributed by atoms with Crippen molar-refractivity contribution >= 4 is 5.97 Å². The number of carboxylic acids is 1. The van der Waals surface area contributed by atoms with E-state index in [-0.39, 0.29) is 11.3 Å². The van der Waals surface area contributed by atoms with Crippen molar-refractivity contribution in [3.63, 3.8) is 0 Å². The molecule has 0 unspecified atom stereocenters. The van der Waals surface area contributed by atoms with Gasteiger partial charge in [-0.15, -0.1) is 0 Å². The molecule has 2 rings (SSSR count). The summed E-state index contributed by atoms with van der Waals surface area (Å²) in [7, 11) is 2.85. The molecule has 0 aromatic heterocycles. The number of halogens is 1. The van der Waals surface area contributed by atoms with Crippen LogP contribution >= 0.6 is 0 Å². The number of aromatic carboxylic acids is 1. The number of hydrogen-bond donors (Lipinski definition) is 1. The summed E-state index contributed by atoms with van der Waals surface area (Å²) in [5.74, 6) is 4.67. The average Bonchev–Trinajstić information content (AvgIpc) is 2.51. The highest BCUT2D eigenvalue weighted by Crippen LogP contribution is 2.32. The number of carbonyl (C=O) groups is 1. The first-order valence-corrected chi connectivity index (χ1v) is 6.32. The van der Waals surface area contributed by atoms with Crippen molar-refractivity contribution in [3.05, 3.63) is 58.9 Å². The predicted molar refractivity (Wildman–Crippen MR) is 78.9 cm³/mol. The van der Waals surface area contributed by atoms with Crippen LogP contribution in [-0.2, 0) is 0 Å². The Bertz CT molecular complexity index is 772. The molecule has 0 saturated heterocycles. The molecule has 0 aliphatic heterocycles. The standard InChI is InChI=1S/C17H13FO4/c1-21-15-10-13(17(19)20)9-12(16(15)22-2)7-6-11-4-3-5-14(18)8-11/h3-5,8-10H,1-2H3,(H,19,20). The topological polar surface area (TPSA) is 55.8 Å². The normalized spacial score (nSPS) is 9.59. The Hall–Kier alpha value is -3.00. The van der Waals surface area contributed by atoms with E-state index in [4.69, 9.17) is 14.6 Å². The van der Waals surface area contributed by atoms with E-state index in [0.717, 1.165) is 0 Å². The van der Waals surface area contributed by atoms with Gasteiger partial charge in [-0.2, -0.15) is 0 Å². The highest BCUT2D eigenvalue weighted by molar-refractivity contribution is 5.89. The molecule has 112 valence electrons.